The minimum Gasteiger partial charge on any atom is -0.807 e. The van der Waals surface area contributed by atoms with Gasteiger partial charge in [-0.3, -0.25) is 0 Å². The molecule has 0 unspecified atom stereocenters. The van der Waals surface area contributed by atoms with Crippen LogP contribution in [-0.2, 0) is 4.57 Å². The molecule has 0 spiro atoms. The Hall–Kier alpha value is -0.890. The number of hydrogen-bond acceptors (Lipinski definition) is 3. The van der Waals surface area contributed by atoms with Crippen LogP contribution >= 0.6 is 7.60 Å². The summed E-state index contributed by atoms with van der Waals surface area (Å²) in [5.74, 6) is 0. The van der Waals surface area contributed by atoms with Gasteiger partial charge in [0.15, 0.2) is 0 Å². The highest BCUT2D eigenvalue weighted by molar-refractivity contribution is 7.60. The molecule has 0 fully saturated rings. The van der Waals surface area contributed by atoms with E-state index in [1.54, 1.807) is 18.2 Å². The SMILES string of the molecule is C=C(c1ccccc1)P(=O)([O-])[O-]. The van der Waals surface area contributed by atoms with Gasteiger partial charge < -0.3 is 14.4 Å². The van der Waals surface area contributed by atoms with E-state index >= 15 is 0 Å². The predicted octanol–water partition coefficient (Wildman–Crippen LogP) is 0.571. The molecule has 3 nitrogen and oxygen atoms in total. The zero-order valence-corrected chi connectivity index (χ0v) is 7.16. The van der Waals surface area contributed by atoms with Crippen LogP contribution in [-0.4, -0.2) is 0 Å². The standard InChI is InChI=1S/C8H9O3P/c1-7(12(9,10)11)8-5-3-2-4-6-8/h2-6H,1H2,(H2,9,10,11)/p-2. The Morgan fingerprint density at radius 1 is 1.25 bits per heavy atom. The first kappa shape index (κ1) is 9.20. The van der Waals surface area contributed by atoms with E-state index in [2.05, 4.69) is 6.58 Å². The molecule has 1 aromatic carbocycles. The molecule has 0 aliphatic rings. The summed E-state index contributed by atoms with van der Waals surface area (Å²) in [5, 5.41) is -0.358. The van der Waals surface area contributed by atoms with Gasteiger partial charge in [-0.05, 0) is 18.5 Å². The Morgan fingerprint density at radius 3 is 2.17 bits per heavy atom. The molecule has 1 rings (SSSR count). The normalized spacial score (nSPS) is 11.2. The fourth-order valence-corrected chi connectivity index (χ4v) is 1.25. The van der Waals surface area contributed by atoms with Crippen LogP contribution in [0.4, 0.5) is 0 Å². The number of benzene rings is 1. The Balaban J connectivity index is 3.03. The molecule has 1 aromatic rings. The first-order valence-corrected chi connectivity index (χ1v) is 4.83. The summed E-state index contributed by atoms with van der Waals surface area (Å²) >= 11 is 0. The minimum absolute atomic E-state index is 0.353. The lowest BCUT2D eigenvalue weighted by atomic mass is 10.2. The maximum Gasteiger partial charge on any atom is -0.0156 e. The van der Waals surface area contributed by atoms with E-state index in [-0.39, 0.29) is 5.31 Å². The second-order valence-electron chi connectivity index (χ2n) is 2.31. The Morgan fingerprint density at radius 2 is 1.75 bits per heavy atom. The van der Waals surface area contributed by atoms with Crippen LogP contribution in [0.25, 0.3) is 5.31 Å². The molecule has 0 heterocycles. The van der Waals surface area contributed by atoms with Crippen molar-refractivity contribution in [3.05, 3.63) is 42.5 Å². The number of hydrogen-bond donors (Lipinski definition) is 0. The van der Waals surface area contributed by atoms with Gasteiger partial charge in [0.25, 0.3) is 0 Å². The van der Waals surface area contributed by atoms with E-state index in [4.69, 9.17) is 0 Å². The van der Waals surface area contributed by atoms with E-state index in [0.29, 0.717) is 5.56 Å². The van der Waals surface area contributed by atoms with Crippen LogP contribution in [0, 0.1) is 0 Å². The lowest BCUT2D eigenvalue weighted by molar-refractivity contribution is -0.307. The van der Waals surface area contributed by atoms with E-state index < -0.39 is 7.60 Å². The lowest BCUT2D eigenvalue weighted by Crippen LogP contribution is -2.14. The molecule has 0 N–H and O–H groups in total. The van der Waals surface area contributed by atoms with Gasteiger partial charge in [0, 0.05) is 0 Å². The Kier molecular flexibility index (Phi) is 2.48. The summed E-state index contributed by atoms with van der Waals surface area (Å²) < 4.78 is 10.5. The van der Waals surface area contributed by atoms with E-state index in [1.165, 1.54) is 12.1 Å². The Bertz CT molecular complexity index is 325. The minimum atomic E-state index is -4.67. The van der Waals surface area contributed by atoms with Crippen molar-refractivity contribution in [3.8, 4) is 0 Å². The van der Waals surface area contributed by atoms with Crippen molar-refractivity contribution in [2.75, 3.05) is 0 Å². The zero-order valence-electron chi connectivity index (χ0n) is 6.27. The van der Waals surface area contributed by atoms with Gasteiger partial charge in [-0.2, -0.15) is 0 Å². The average molecular weight is 182 g/mol. The molecule has 0 aliphatic heterocycles. The lowest BCUT2D eigenvalue weighted by Gasteiger charge is -2.31. The Labute approximate surface area is 70.5 Å². The number of rotatable bonds is 2. The molecule has 0 radical (unpaired) electrons. The van der Waals surface area contributed by atoms with Crippen molar-refractivity contribution >= 4 is 12.9 Å². The highest BCUT2D eigenvalue weighted by Crippen LogP contribution is 2.41. The van der Waals surface area contributed by atoms with Crippen molar-refractivity contribution in [3.63, 3.8) is 0 Å². The smallest absolute Gasteiger partial charge is 0.0156 e. The van der Waals surface area contributed by atoms with Crippen LogP contribution in [0.1, 0.15) is 5.56 Å². The molecule has 0 aromatic heterocycles. The molecule has 0 saturated carbocycles. The molecule has 0 aliphatic carbocycles. The van der Waals surface area contributed by atoms with Crippen molar-refractivity contribution in [2.24, 2.45) is 0 Å². The molecule has 4 heteroatoms. The summed E-state index contributed by atoms with van der Waals surface area (Å²) in [4.78, 5) is 21.0. The van der Waals surface area contributed by atoms with Crippen LogP contribution in [0.2, 0.25) is 0 Å². The highest BCUT2D eigenvalue weighted by atomic mass is 31.2. The maximum atomic E-state index is 10.5. The third-order valence-electron chi connectivity index (χ3n) is 1.44. The fourth-order valence-electron chi connectivity index (χ4n) is 0.789. The molecular weight excluding hydrogens is 175 g/mol. The molecule has 12 heavy (non-hydrogen) atoms. The van der Waals surface area contributed by atoms with Gasteiger partial charge >= 0.3 is 0 Å². The summed E-state index contributed by atoms with van der Waals surface area (Å²) in [7, 11) is -4.67. The van der Waals surface area contributed by atoms with Crippen molar-refractivity contribution in [1.29, 1.82) is 0 Å². The van der Waals surface area contributed by atoms with Crippen LogP contribution in [0.15, 0.2) is 36.9 Å². The summed E-state index contributed by atoms with van der Waals surface area (Å²) in [6.07, 6.45) is 0. The molecular formula is C8H7O3P-2. The van der Waals surface area contributed by atoms with Crippen LogP contribution < -0.4 is 9.79 Å². The van der Waals surface area contributed by atoms with Crippen molar-refractivity contribution < 1.29 is 14.4 Å². The molecule has 0 amide bonds. The average Bonchev–Trinajstić information content (AvgIpc) is 2.03. The van der Waals surface area contributed by atoms with Gasteiger partial charge in [-0.25, -0.2) is 0 Å². The highest BCUT2D eigenvalue weighted by Gasteiger charge is 2.00. The quantitative estimate of drug-likeness (QED) is 0.628. The van der Waals surface area contributed by atoms with E-state index in [0.717, 1.165) is 0 Å². The van der Waals surface area contributed by atoms with Crippen LogP contribution in [0.3, 0.4) is 0 Å². The largest absolute Gasteiger partial charge is 0.807 e. The monoisotopic (exact) mass is 182 g/mol. The van der Waals surface area contributed by atoms with Gasteiger partial charge in [-0.1, -0.05) is 36.9 Å². The van der Waals surface area contributed by atoms with Gasteiger partial charge in [-0.15, -0.1) is 0 Å². The van der Waals surface area contributed by atoms with Crippen molar-refractivity contribution in [1.82, 2.24) is 0 Å². The van der Waals surface area contributed by atoms with Crippen LogP contribution in [0.5, 0.6) is 0 Å². The van der Waals surface area contributed by atoms with E-state index in [9.17, 15) is 14.4 Å². The summed E-state index contributed by atoms with van der Waals surface area (Å²) in [6.45, 7) is 3.21. The predicted molar refractivity (Wildman–Crippen MR) is 43.1 cm³/mol. The molecule has 0 saturated heterocycles. The zero-order chi connectivity index (χ0) is 9.19. The second-order valence-corrected chi connectivity index (χ2v) is 3.84. The third kappa shape index (κ3) is 2.05. The molecule has 0 bridgehead atoms. The van der Waals surface area contributed by atoms with E-state index in [1.807, 2.05) is 0 Å². The summed E-state index contributed by atoms with van der Waals surface area (Å²) in [6, 6.07) is 8.10. The fraction of sp³-hybridized carbons (Fsp3) is 0. The first-order chi connectivity index (χ1) is 5.52. The topological polar surface area (TPSA) is 63.2 Å². The van der Waals surface area contributed by atoms with Gasteiger partial charge in [0.1, 0.15) is 0 Å². The molecule has 0 atom stereocenters. The van der Waals surface area contributed by atoms with Gasteiger partial charge in [0.05, 0.1) is 0 Å². The summed E-state index contributed by atoms with van der Waals surface area (Å²) in [5.41, 5.74) is 0.353. The van der Waals surface area contributed by atoms with Gasteiger partial charge in [0.2, 0.25) is 0 Å². The third-order valence-corrected chi connectivity index (χ3v) is 2.36. The van der Waals surface area contributed by atoms with Crippen molar-refractivity contribution in [2.45, 2.75) is 0 Å². The second kappa shape index (κ2) is 3.23. The first-order valence-electron chi connectivity index (χ1n) is 3.29. The maximum absolute atomic E-state index is 10.5. The molecule has 64 valence electrons.